The largest absolute Gasteiger partial charge is 0.460 e. The fraction of sp³-hybridized carbons (Fsp3) is 0.381. The van der Waals surface area contributed by atoms with Gasteiger partial charge in [0.15, 0.2) is 0 Å². The molecule has 2 rings (SSSR count). The van der Waals surface area contributed by atoms with Gasteiger partial charge in [0.2, 0.25) is 0 Å². The Balaban J connectivity index is 1.77. The van der Waals surface area contributed by atoms with Gasteiger partial charge in [0, 0.05) is 0 Å². The molecule has 0 N–H and O–H groups in total. The quantitative estimate of drug-likeness (QED) is 0.418. The third kappa shape index (κ3) is 6.69. The van der Waals surface area contributed by atoms with E-state index in [0.29, 0.717) is 18.8 Å². The number of carbonyl (C=O) groups excluding carboxylic acids is 1. The lowest BCUT2D eigenvalue weighted by atomic mass is 10.0. The molecule has 0 aliphatic heterocycles. The standard InChI is InChI=1S/C21H28NO3/c1-17-5-7-18(8-6-17)19-9-11-20(12-10-19)21(23)25-16-15-24-14-13-22(2,3)4/h5-12H,13-16H2,1-4H3/q+1. The lowest BCUT2D eigenvalue weighted by Gasteiger charge is -2.23. The third-order valence-electron chi connectivity index (χ3n) is 3.87. The maximum atomic E-state index is 12.0. The highest BCUT2D eigenvalue weighted by molar-refractivity contribution is 5.90. The molecule has 0 aliphatic carbocycles. The summed E-state index contributed by atoms with van der Waals surface area (Å²) in [6, 6.07) is 15.8. The highest BCUT2D eigenvalue weighted by Crippen LogP contribution is 2.20. The van der Waals surface area contributed by atoms with Crippen molar-refractivity contribution in [2.24, 2.45) is 0 Å². The summed E-state index contributed by atoms with van der Waals surface area (Å²) in [5.74, 6) is -0.314. The van der Waals surface area contributed by atoms with Crippen LogP contribution in [-0.4, -0.2) is 58.0 Å². The molecule has 0 heterocycles. The number of carbonyl (C=O) groups is 1. The molecule has 2 aromatic carbocycles. The van der Waals surface area contributed by atoms with Crippen molar-refractivity contribution in [3.63, 3.8) is 0 Å². The number of rotatable bonds is 8. The van der Waals surface area contributed by atoms with Gasteiger partial charge in [-0.1, -0.05) is 42.0 Å². The summed E-state index contributed by atoms with van der Waals surface area (Å²) in [6.07, 6.45) is 0. The van der Waals surface area contributed by atoms with E-state index >= 15 is 0 Å². The van der Waals surface area contributed by atoms with Crippen LogP contribution >= 0.6 is 0 Å². The zero-order chi connectivity index (χ0) is 18.3. The minimum Gasteiger partial charge on any atom is -0.460 e. The van der Waals surface area contributed by atoms with Crippen LogP contribution in [0.2, 0.25) is 0 Å². The van der Waals surface area contributed by atoms with E-state index in [4.69, 9.17) is 9.47 Å². The van der Waals surface area contributed by atoms with Gasteiger partial charge in [-0.3, -0.25) is 0 Å². The van der Waals surface area contributed by atoms with Crippen LogP contribution in [-0.2, 0) is 9.47 Å². The van der Waals surface area contributed by atoms with Crippen molar-refractivity contribution in [1.82, 2.24) is 0 Å². The van der Waals surface area contributed by atoms with E-state index in [1.807, 2.05) is 12.1 Å². The normalized spacial score (nSPS) is 11.4. The van der Waals surface area contributed by atoms with E-state index < -0.39 is 0 Å². The van der Waals surface area contributed by atoms with E-state index in [1.165, 1.54) is 5.56 Å². The molecule has 0 amide bonds. The van der Waals surface area contributed by atoms with E-state index in [-0.39, 0.29) is 12.6 Å². The van der Waals surface area contributed by atoms with Crippen LogP contribution in [0.1, 0.15) is 15.9 Å². The minimum atomic E-state index is -0.314. The molecule has 4 nitrogen and oxygen atoms in total. The molecule has 0 bridgehead atoms. The number of quaternary nitrogens is 1. The highest BCUT2D eigenvalue weighted by atomic mass is 16.6. The topological polar surface area (TPSA) is 35.5 Å². The number of likely N-dealkylation sites (N-methyl/N-ethyl adjacent to an activating group) is 1. The summed E-state index contributed by atoms with van der Waals surface area (Å²) in [6.45, 7) is 4.35. The van der Waals surface area contributed by atoms with Crippen LogP contribution in [0, 0.1) is 6.92 Å². The van der Waals surface area contributed by atoms with E-state index in [0.717, 1.165) is 22.2 Å². The van der Waals surface area contributed by atoms with Crippen molar-refractivity contribution in [1.29, 1.82) is 0 Å². The van der Waals surface area contributed by atoms with Gasteiger partial charge in [0.05, 0.1) is 39.9 Å². The van der Waals surface area contributed by atoms with Crippen molar-refractivity contribution in [3.05, 3.63) is 59.7 Å². The highest BCUT2D eigenvalue weighted by Gasteiger charge is 2.08. The molecule has 2 aromatic rings. The summed E-state index contributed by atoms with van der Waals surface area (Å²) < 4.78 is 11.6. The lowest BCUT2D eigenvalue weighted by Crippen LogP contribution is -2.37. The summed E-state index contributed by atoms with van der Waals surface area (Å²) in [4.78, 5) is 12.0. The van der Waals surface area contributed by atoms with E-state index in [9.17, 15) is 4.79 Å². The van der Waals surface area contributed by atoms with Crippen LogP contribution in [0.15, 0.2) is 48.5 Å². The molecule has 0 unspecified atom stereocenters. The van der Waals surface area contributed by atoms with Gasteiger partial charge in [0.25, 0.3) is 0 Å². The van der Waals surface area contributed by atoms with Crippen molar-refractivity contribution in [3.8, 4) is 11.1 Å². The number of hydrogen-bond donors (Lipinski definition) is 0. The van der Waals surface area contributed by atoms with Crippen LogP contribution < -0.4 is 0 Å². The van der Waals surface area contributed by atoms with Gasteiger partial charge in [-0.25, -0.2) is 4.79 Å². The maximum absolute atomic E-state index is 12.0. The first-order valence-corrected chi connectivity index (χ1v) is 8.57. The first-order valence-electron chi connectivity index (χ1n) is 8.57. The lowest BCUT2D eigenvalue weighted by molar-refractivity contribution is -0.870. The van der Waals surface area contributed by atoms with E-state index in [2.05, 4.69) is 52.3 Å². The van der Waals surface area contributed by atoms with Gasteiger partial charge in [-0.2, -0.15) is 0 Å². The number of ether oxygens (including phenoxy) is 2. The van der Waals surface area contributed by atoms with Gasteiger partial charge < -0.3 is 14.0 Å². The second kappa shape index (κ2) is 8.79. The molecular formula is C21H28NO3+. The molecule has 0 fully saturated rings. The zero-order valence-electron chi connectivity index (χ0n) is 15.6. The minimum absolute atomic E-state index is 0.274. The number of nitrogens with zero attached hydrogens (tertiary/aromatic N) is 1. The third-order valence-corrected chi connectivity index (χ3v) is 3.87. The van der Waals surface area contributed by atoms with Crippen LogP contribution in [0.3, 0.4) is 0 Å². The monoisotopic (exact) mass is 342 g/mol. The van der Waals surface area contributed by atoms with Crippen LogP contribution in [0.5, 0.6) is 0 Å². The Kier molecular flexibility index (Phi) is 6.73. The Bertz CT molecular complexity index is 670. The molecular weight excluding hydrogens is 314 g/mol. The van der Waals surface area contributed by atoms with Gasteiger partial charge in [-0.05, 0) is 30.2 Å². The number of aryl methyl sites for hydroxylation is 1. The summed E-state index contributed by atoms with van der Waals surface area (Å²) in [5, 5.41) is 0. The number of benzene rings is 2. The Morgan fingerprint density at radius 3 is 1.96 bits per heavy atom. The molecule has 0 saturated carbocycles. The summed E-state index contributed by atoms with van der Waals surface area (Å²) >= 11 is 0. The first kappa shape index (κ1) is 19.2. The molecule has 0 aliphatic rings. The average molecular weight is 342 g/mol. The fourth-order valence-corrected chi connectivity index (χ4v) is 2.26. The number of esters is 1. The molecule has 0 radical (unpaired) electrons. The Morgan fingerprint density at radius 2 is 1.40 bits per heavy atom. The number of hydrogen-bond acceptors (Lipinski definition) is 3. The molecule has 0 saturated heterocycles. The van der Waals surface area contributed by atoms with Crippen molar-refractivity contribution >= 4 is 5.97 Å². The smallest absolute Gasteiger partial charge is 0.338 e. The summed E-state index contributed by atoms with van der Waals surface area (Å²) in [7, 11) is 6.34. The van der Waals surface area contributed by atoms with Gasteiger partial charge in [-0.15, -0.1) is 0 Å². The molecule has 0 atom stereocenters. The molecule has 0 aromatic heterocycles. The molecule has 4 heteroatoms. The second-order valence-corrected chi connectivity index (χ2v) is 7.21. The maximum Gasteiger partial charge on any atom is 0.338 e. The van der Waals surface area contributed by atoms with E-state index in [1.54, 1.807) is 12.1 Å². The first-order chi connectivity index (χ1) is 11.8. The van der Waals surface area contributed by atoms with Crippen molar-refractivity contribution in [2.75, 3.05) is 47.5 Å². The Labute approximate surface area is 150 Å². The molecule has 134 valence electrons. The van der Waals surface area contributed by atoms with Crippen LogP contribution in [0.4, 0.5) is 0 Å². The SMILES string of the molecule is Cc1ccc(-c2ccc(C(=O)OCCOCC[N+](C)(C)C)cc2)cc1. The van der Waals surface area contributed by atoms with Crippen molar-refractivity contribution < 1.29 is 18.8 Å². The van der Waals surface area contributed by atoms with Gasteiger partial charge in [0.1, 0.15) is 13.2 Å². The molecule has 25 heavy (non-hydrogen) atoms. The van der Waals surface area contributed by atoms with Gasteiger partial charge >= 0.3 is 5.97 Å². The predicted octanol–water partition coefficient (Wildman–Crippen LogP) is 3.54. The molecule has 0 spiro atoms. The fourth-order valence-electron chi connectivity index (χ4n) is 2.26. The Hall–Kier alpha value is -2.17. The second-order valence-electron chi connectivity index (χ2n) is 7.21. The van der Waals surface area contributed by atoms with Crippen molar-refractivity contribution in [2.45, 2.75) is 6.92 Å². The average Bonchev–Trinajstić information content (AvgIpc) is 2.58. The van der Waals surface area contributed by atoms with Crippen LogP contribution in [0.25, 0.3) is 11.1 Å². The summed E-state index contributed by atoms with van der Waals surface area (Å²) in [5.41, 5.74) is 4.01. The Morgan fingerprint density at radius 1 is 0.840 bits per heavy atom. The predicted molar refractivity (Wildman–Crippen MR) is 101 cm³/mol. The zero-order valence-corrected chi connectivity index (χ0v) is 15.6.